The number of nitrogens with two attached hydrogens (primary N) is 1. The molecule has 1 aliphatic heterocycles. The molecule has 0 aromatic carbocycles. The molecule has 0 aromatic heterocycles. The molecule has 1 heterocycles. The third kappa shape index (κ3) is 5.53. The molecule has 0 aromatic rings. The average Bonchev–Trinajstić information content (AvgIpc) is 2.43. The summed E-state index contributed by atoms with van der Waals surface area (Å²) in [5, 5.41) is 9.50. The molecule has 5 nitrogen and oxygen atoms in total. The molecule has 1 rings (SSSR count). The summed E-state index contributed by atoms with van der Waals surface area (Å²) in [6.07, 6.45) is 1.26. The Morgan fingerprint density at radius 2 is 1.86 bits per heavy atom. The summed E-state index contributed by atoms with van der Waals surface area (Å²) in [7, 11) is 0. The standard InChI is InChI=1S/C15H31N3O2.2ClH/c1-5-15(6-2,11-16)14(20)18-8-7-17(10-13(4)19)12(3)9-18;;/h12-13,19H,5-11,16H2,1-4H3;2*1H. The minimum Gasteiger partial charge on any atom is -0.392 e. The Balaban J connectivity index is 0. The molecule has 0 bridgehead atoms. The van der Waals surface area contributed by atoms with Crippen LogP contribution < -0.4 is 5.73 Å². The number of aliphatic hydroxyl groups is 1. The third-order valence-electron chi connectivity index (χ3n) is 4.75. The largest absolute Gasteiger partial charge is 0.392 e. The first-order valence-electron chi connectivity index (χ1n) is 7.81. The van der Waals surface area contributed by atoms with Crippen LogP contribution in [0.5, 0.6) is 0 Å². The van der Waals surface area contributed by atoms with Crippen molar-refractivity contribution in [2.75, 3.05) is 32.7 Å². The molecule has 1 saturated heterocycles. The molecule has 2 atom stereocenters. The van der Waals surface area contributed by atoms with E-state index in [1.54, 1.807) is 6.92 Å². The predicted octanol–water partition coefficient (Wildman–Crippen LogP) is 1.51. The van der Waals surface area contributed by atoms with E-state index >= 15 is 0 Å². The average molecular weight is 358 g/mol. The SMILES string of the molecule is CCC(CC)(CN)C(=O)N1CCN(CC(C)O)C(C)C1.Cl.Cl. The fourth-order valence-electron chi connectivity index (χ4n) is 3.05. The van der Waals surface area contributed by atoms with E-state index in [4.69, 9.17) is 5.73 Å². The Morgan fingerprint density at radius 3 is 2.23 bits per heavy atom. The Kier molecular flexibility index (Phi) is 11.7. The van der Waals surface area contributed by atoms with Crippen LogP contribution in [0.15, 0.2) is 0 Å². The molecule has 3 N–H and O–H groups in total. The second-order valence-electron chi connectivity index (χ2n) is 6.14. The number of carbonyl (C=O) groups is 1. The van der Waals surface area contributed by atoms with Crippen molar-refractivity contribution < 1.29 is 9.90 Å². The molecule has 22 heavy (non-hydrogen) atoms. The molecule has 7 heteroatoms. The van der Waals surface area contributed by atoms with Crippen LogP contribution in [0.2, 0.25) is 0 Å². The number of hydrogen-bond donors (Lipinski definition) is 2. The van der Waals surface area contributed by atoms with Crippen molar-refractivity contribution in [1.82, 2.24) is 9.80 Å². The topological polar surface area (TPSA) is 69.8 Å². The first kappa shape index (κ1) is 24.2. The van der Waals surface area contributed by atoms with E-state index in [9.17, 15) is 9.90 Å². The van der Waals surface area contributed by atoms with Crippen LogP contribution in [0.1, 0.15) is 40.5 Å². The number of hydrogen-bond acceptors (Lipinski definition) is 4. The minimum atomic E-state index is -0.397. The monoisotopic (exact) mass is 357 g/mol. The number of β-amino-alcohol motifs (C(OH)–C–C–N with tert-alkyl or cyclic N) is 1. The van der Waals surface area contributed by atoms with Gasteiger partial charge in [-0.3, -0.25) is 9.69 Å². The Morgan fingerprint density at radius 1 is 1.32 bits per heavy atom. The fourth-order valence-corrected chi connectivity index (χ4v) is 3.05. The highest BCUT2D eigenvalue weighted by molar-refractivity contribution is 5.85. The van der Waals surface area contributed by atoms with Crippen molar-refractivity contribution in [3.8, 4) is 0 Å². The van der Waals surface area contributed by atoms with Gasteiger partial charge in [-0.2, -0.15) is 0 Å². The summed E-state index contributed by atoms with van der Waals surface area (Å²) < 4.78 is 0. The highest BCUT2D eigenvalue weighted by Gasteiger charge is 2.39. The van der Waals surface area contributed by atoms with Gasteiger partial charge in [0, 0.05) is 38.8 Å². The molecule has 0 radical (unpaired) electrons. The molecule has 0 aliphatic carbocycles. The zero-order chi connectivity index (χ0) is 15.3. The van der Waals surface area contributed by atoms with Crippen LogP contribution in [-0.2, 0) is 4.79 Å². The molecule has 2 unspecified atom stereocenters. The maximum atomic E-state index is 12.8. The van der Waals surface area contributed by atoms with Gasteiger partial charge in [0.15, 0.2) is 0 Å². The van der Waals surface area contributed by atoms with E-state index < -0.39 is 5.41 Å². The van der Waals surface area contributed by atoms with E-state index in [0.29, 0.717) is 13.1 Å². The highest BCUT2D eigenvalue weighted by atomic mass is 35.5. The molecule has 0 spiro atoms. The summed E-state index contributed by atoms with van der Waals surface area (Å²) in [5.74, 6) is 0.202. The second-order valence-corrected chi connectivity index (χ2v) is 6.14. The van der Waals surface area contributed by atoms with Crippen LogP contribution >= 0.6 is 24.8 Å². The first-order chi connectivity index (χ1) is 9.40. The number of rotatable bonds is 6. The maximum Gasteiger partial charge on any atom is 0.230 e. The number of piperazine rings is 1. The lowest BCUT2D eigenvalue weighted by Gasteiger charge is -2.43. The number of amides is 1. The van der Waals surface area contributed by atoms with Gasteiger partial charge in [0.05, 0.1) is 11.5 Å². The van der Waals surface area contributed by atoms with Gasteiger partial charge in [0.25, 0.3) is 0 Å². The van der Waals surface area contributed by atoms with Gasteiger partial charge in [-0.1, -0.05) is 13.8 Å². The zero-order valence-corrected chi connectivity index (χ0v) is 15.9. The molecule has 134 valence electrons. The quantitative estimate of drug-likeness (QED) is 0.755. The van der Waals surface area contributed by atoms with Gasteiger partial charge in [-0.15, -0.1) is 24.8 Å². The van der Waals surface area contributed by atoms with Crippen molar-refractivity contribution in [1.29, 1.82) is 0 Å². The van der Waals surface area contributed by atoms with Crippen LogP contribution in [-0.4, -0.2) is 65.7 Å². The lowest BCUT2D eigenvalue weighted by molar-refractivity contribution is -0.145. The van der Waals surface area contributed by atoms with Gasteiger partial charge < -0.3 is 15.7 Å². The van der Waals surface area contributed by atoms with Crippen LogP contribution in [0, 0.1) is 5.41 Å². The van der Waals surface area contributed by atoms with E-state index in [0.717, 1.165) is 32.5 Å². The smallest absolute Gasteiger partial charge is 0.230 e. The van der Waals surface area contributed by atoms with Gasteiger partial charge in [0.1, 0.15) is 0 Å². The maximum absolute atomic E-state index is 12.8. The van der Waals surface area contributed by atoms with Crippen molar-refractivity contribution in [2.45, 2.75) is 52.7 Å². The molecule has 1 fully saturated rings. The summed E-state index contributed by atoms with van der Waals surface area (Å²) >= 11 is 0. The summed E-state index contributed by atoms with van der Waals surface area (Å²) in [6.45, 7) is 11.4. The number of halogens is 2. The van der Waals surface area contributed by atoms with E-state index in [-0.39, 0.29) is 42.9 Å². The van der Waals surface area contributed by atoms with Crippen LogP contribution in [0.25, 0.3) is 0 Å². The third-order valence-corrected chi connectivity index (χ3v) is 4.75. The molecule has 0 saturated carbocycles. The normalized spacial score (nSPS) is 20.8. The highest BCUT2D eigenvalue weighted by Crippen LogP contribution is 2.28. The Bertz CT molecular complexity index is 318. The zero-order valence-electron chi connectivity index (χ0n) is 14.2. The Labute approximate surface area is 147 Å². The van der Waals surface area contributed by atoms with Crippen LogP contribution in [0.4, 0.5) is 0 Å². The lowest BCUT2D eigenvalue weighted by Crippen LogP contribution is -2.58. The minimum absolute atomic E-state index is 0. The predicted molar refractivity (Wildman–Crippen MR) is 95.9 cm³/mol. The number of aliphatic hydroxyl groups excluding tert-OH is 1. The number of nitrogens with zero attached hydrogens (tertiary/aromatic N) is 2. The van der Waals surface area contributed by atoms with E-state index in [1.165, 1.54) is 0 Å². The van der Waals surface area contributed by atoms with Crippen molar-refractivity contribution in [3.63, 3.8) is 0 Å². The van der Waals surface area contributed by atoms with E-state index in [2.05, 4.69) is 11.8 Å². The molecule has 1 amide bonds. The molecular formula is C15H33Cl2N3O2. The number of carbonyl (C=O) groups excluding carboxylic acids is 1. The second kappa shape index (κ2) is 10.7. The van der Waals surface area contributed by atoms with Crippen molar-refractivity contribution in [3.05, 3.63) is 0 Å². The van der Waals surface area contributed by atoms with Gasteiger partial charge >= 0.3 is 0 Å². The summed E-state index contributed by atoms with van der Waals surface area (Å²) in [5.41, 5.74) is 5.48. The molecular weight excluding hydrogens is 325 g/mol. The fraction of sp³-hybridized carbons (Fsp3) is 0.933. The van der Waals surface area contributed by atoms with Crippen LogP contribution in [0.3, 0.4) is 0 Å². The van der Waals surface area contributed by atoms with E-state index in [1.807, 2.05) is 18.7 Å². The van der Waals surface area contributed by atoms with Gasteiger partial charge in [-0.25, -0.2) is 0 Å². The first-order valence-corrected chi connectivity index (χ1v) is 7.81. The summed E-state index contributed by atoms with van der Waals surface area (Å²) in [6, 6.07) is 0.284. The summed E-state index contributed by atoms with van der Waals surface area (Å²) in [4.78, 5) is 17.0. The lowest BCUT2D eigenvalue weighted by atomic mass is 9.80. The van der Waals surface area contributed by atoms with Gasteiger partial charge in [0.2, 0.25) is 5.91 Å². The van der Waals surface area contributed by atoms with Crippen molar-refractivity contribution >= 4 is 30.7 Å². The van der Waals surface area contributed by atoms with Crippen molar-refractivity contribution in [2.24, 2.45) is 11.1 Å². The Hall–Kier alpha value is -0.0700. The molecule has 1 aliphatic rings. The van der Waals surface area contributed by atoms with Gasteiger partial charge in [-0.05, 0) is 26.7 Å².